The van der Waals surface area contributed by atoms with Gasteiger partial charge in [0.25, 0.3) is 0 Å². The number of nitrogens with zero attached hydrogens (tertiary/aromatic N) is 3. The average molecular weight is 203 g/mol. The maximum atomic E-state index is 11.2. The van der Waals surface area contributed by atoms with E-state index in [1.54, 1.807) is 0 Å². The Labute approximate surface area is 77.7 Å². The third-order valence-corrected chi connectivity index (χ3v) is 4.06. The zero-order valence-electron chi connectivity index (χ0n) is 7.55. The van der Waals surface area contributed by atoms with E-state index in [4.69, 9.17) is 5.53 Å². The molecule has 2 unspecified atom stereocenters. The Morgan fingerprint density at radius 3 is 2.69 bits per heavy atom. The Bertz CT molecular complexity index is 319. The number of rotatable bonds is 2. The van der Waals surface area contributed by atoms with Crippen LogP contribution in [0.2, 0.25) is 0 Å². The Morgan fingerprint density at radius 2 is 2.15 bits per heavy atom. The fourth-order valence-electron chi connectivity index (χ4n) is 1.69. The molecule has 6 heteroatoms. The first-order valence-electron chi connectivity index (χ1n) is 4.27. The highest BCUT2D eigenvalue weighted by Crippen LogP contribution is 2.25. The SMILES string of the molecule is CS(=O)(=O)C1CCCC(N=[N+]=[N-])C1. The molecule has 0 aromatic carbocycles. The molecule has 0 aromatic heterocycles. The first kappa shape index (κ1) is 10.3. The summed E-state index contributed by atoms with van der Waals surface area (Å²) >= 11 is 0. The Kier molecular flexibility index (Phi) is 3.17. The Balaban J connectivity index is 2.67. The smallest absolute Gasteiger partial charge is 0.150 e. The lowest BCUT2D eigenvalue weighted by molar-refractivity contribution is 0.433. The predicted molar refractivity (Wildman–Crippen MR) is 50.0 cm³/mol. The molecule has 13 heavy (non-hydrogen) atoms. The normalized spacial score (nSPS) is 29.3. The first-order chi connectivity index (χ1) is 6.04. The van der Waals surface area contributed by atoms with Crippen LogP contribution in [0.1, 0.15) is 25.7 Å². The number of hydrogen-bond acceptors (Lipinski definition) is 3. The fraction of sp³-hybridized carbons (Fsp3) is 1.00. The van der Waals surface area contributed by atoms with Gasteiger partial charge in [0.1, 0.15) is 9.84 Å². The molecule has 0 N–H and O–H groups in total. The molecule has 0 heterocycles. The quantitative estimate of drug-likeness (QED) is 0.388. The number of sulfone groups is 1. The van der Waals surface area contributed by atoms with Gasteiger partial charge in [-0.1, -0.05) is 11.5 Å². The second kappa shape index (κ2) is 3.98. The third kappa shape index (κ3) is 2.90. The molecule has 0 aromatic rings. The van der Waals surface area contributed by atoms with E-state index in [9.17, 15) is 8.42 Å². The van der Waals surface area contributed by atoms with Crippen LogP contribution in [0.15, 0.2) is 5.11 Å². The summed E-state index contributed by atoms with van der Waals surface area (Å²) in [5.74, 6) is 0. The average Bonchev–Trinajstić information content (AvgIpc) is 2.04. The van der Waals surface area contributed by atoms with Gasteiger partial charge in [0.2, 0.25) is 0 Å². The molecular weight excluding hydrogens is 190 g/mol. The summed E-state index contributed by atoms with van der Waals surface area (Å²) in [5, 5.41) is 3.25. The van der Waals surface area contributed by atoms with Crippen LogP contribution >= 0.6 is 0 Å². The second-order valence-corrected chi connectivity index (χ2v) is 5.80. The van der Waals surface area contributed by atoms with Crippen molar-refractivity contribution in [3.8, 4) is 0 Å². The van der Waals surface area contributed by atoms with Crippen molar-refractivity contribution in [2.45, 2.75) is 37.0 Å². The van der Waals surface area contributed by atoms with Crippen molar-refractivity contribution < 1.29 is 8.42 Å². The zero-order valence-corrected chi connectivity index (χ0v) is 8.37. The van der Waals surface area contributed by atoms with Gasteiger partial charge in [0.05, 0.1) is 5.25 Å². The molecule has 0 amide bonds. The van der Waals surface area contributed by atoms with Crippen molar-refractivity contribution in [1.82, 2.24) is 0 Å². The maximum Gasteiger partial charge on any atom is 0.150 e. The van der Waals surface area contributed by atoms with Crippen LogP contribution in [0, 0.1) is 0 Å². The van der Waals surface area contributed by atoms with Gasteiger partial charge in [-0.15, -0.1) is 0 Å². The molecule has 2 atom stereocenters. The molecule has 1 aliphatic rings. The molecule has 1 aliphatic carbocycles. The summed E-state index contributed by atoms with van der Waals surface area (Å²) in [7, 11) is -2.96. The molecule has 1 saturated carbocycles. The highest BCUT2D eigenvalue weighted by Gasteiger charge is 2.27. The first-order valence-corrected chi connectivity index (χ1v) is 6.22. The minimum atomic E-state index is -2.96. The lowest BCUT2D eigenvalue weighted by atomic mass is 9.96. The molecule has 0 bridgehead atoms. The maximum absolute atomic E-state index is 11.2. The van der Waals surface area contributed by atoms with E-state index < -0.39 is 9.84 Å². The second-order valence-electron chi connectivity index (χ2n) is 3.48. The lowest BCUT2D eigenvalue weighted by Gasteiger charge is -2.24. The Morgan fingerprint density at radius 1 is 1.46 bits per heavy atom. The van der Waals surface area contributed by atoms with Gasteiger partial charge in [-0.25, -0.2) is 8.42 Å². The summed E-state index contributed by atoms with van der Waals surface area (Å²) in [6.07, 6.45) is 4.09. The zero-order chi connectivity index (χ0) is 9.90. The molecule has 0 aliphatic heterocycles. The topological polar surface area (TPSA) is 82.9 Å². The van der Waals surface area contributed by atoms with Crippen molar-refractivity contribution in [2.24, 2.45) is 5.11 Å². The minimum absolute atomic E-state index is 0.126. The summed E-state index contributed by atoms with van der Waals surface area (Å²) in [6.45, 7) is 0. The number of hydrogen-bond donors (Lipinski definition) is 0. The van der Waals surface area contributed by atoms with E-state index in [2.05, 4.69) is 10.0 Å². The Hall–Kier alpha value is -0.740. The van der Waals surface area contributed by atoms with Crippen molar-refractivity contribution >= 4 is 9.84 Å². The minimum Gasteiger partial charge on any atom is -0.229 e. The molecule has 5 nitrogen and oxygen atoms in total. The van der Waals surface area contributed by atoms with Gasteiger partial charge in [-0.05, 0) is 24.8 Å². The summed E-state index contributed by atoms with van der Waals surface area (Å²) in [4.78, 5) is 2.71. The van der Waals surface area contributed by atoms with Gasteiger partial charge in [0, 0.05) is 17.2 Å². The van der Waals surface area contributed by atoms with Crippen LogP contribution in [0.25, 0.3) is 10.4 Å². The summed E-state index contributed by atoms with van der Waals surface area (Å²) in [6, 6.07) is -0.126. The lowest BCUT2D eigenvalue weighted by Crippen LogP contribution is -2.28. The molecular formula is C7H13N3O2S. The van der Waals surface area contributed by atoms with E-state index >= 15 is 0 Å². The van der Waals surface area contributed by atoms with Gasteiger partial charge < -0.3 is 0 Å². The van der Waals surface area contributed by atoms with Crippen LogP contribution < -0.4 is 0 Å². The molecule has 0 radical (unpaired) electrons. The van der Waals surface area contributed by atoms with Crippen LogP contribution in [-0.2, 0) is 9.84 Å². The molecule has 0 spiro atoms. The van der Waals surface area contributed by atoms with Crippen molar-refractivity contribution in [2.75, 3.05) is 6.26 Å². The van der Waals surface area contributed by atoms with Crippen LogP contribution in [0.5, 0.6) is 0 Å². The van der Waals surface area contributed by atoms with E-state index in [0.717, 1.165) is 12.8 Å². The largest absolute Gasteiger partial charge is 0.229 e. The standard InChI is InChI=1S/C7H13N3O2S/c1-13(11,12)7-4-2-3-6(5-7)9-10-8/h6-7H,2-5H2,1H3. The van der Waals surface area contributed by atoms with Crippen molar-refractivity contribution in [3.63, 3.8) is 0 Å². The summed E-state index contributed by atoms with van der Waals surface area (Å²) < 4.78 is 22.4. The van der Waals surface area contributed by atoms with E-state index in [-0.39, 0.29) is 11.3 Å². The van der Waals surface area contributed by atoms with Gasteiger partial charge >= 0.3 is 0 Å². The number of azide groups is 1. The third-order valence-electron chi connectivity index (χ3n) is 2.42. The van der Waals surface area contributed by atoms with Gasteiger partial charge in [0.15, 0.2) is 0 Å². The van der Waals surface area contributed by atoms with Crippen LogP contribution in [-0.4, -0.2) is 26.0 Å². The summed E-state index contributed by atoms with van der Waals surface area (Å²) in [5.41, 5.74) is 8.22. The molecule has 1 fully saturated rings. The fourth-order valence-corrected chi connectivity index (χ4v) is 2.85. The van der Waals surface area contributed by atoms with Crippen molar-refractivity contribution in [1.29, 1.82) is 0 Å². The van der Waals surface area contributed by atoms with Gasteiger partial charge in [-0.3, -0.25) is 0 Å². The van der Waals surface area contributed by atoms with Gasteiger partial charge in [-0.2, -0.15) is 0 Å². The van der Waals surface area contributed by atoms with Crippen molar-refractivity contribution in [3.05, 3.63) is 10.4 Å². The van der Waals surface area contributed by atoms with Crippen LogP contribution in [0.4, 0.5) is 0 Å². The monoisotopic (exact) mass is 203 g/mol. The highest BCUT2D eigenvalue weighted by atomic mass is 32.2. The molecule has 0 saturated heterocycles. The van der Waals surface area contributed by atoms with Crippen LogP contribution in [0.3, 0.4) is 0 Å². The molecule has 1 rings (SSSR count). The predicted octanol–water partition coefficient (Wildman–Crippen LogP) is 1.65. The van der Waals surface area contributed by atoms with E-state index in [1.165, 1.54) is 6.26 Å². The van der Waals surface area contributed by atoms with E-state index in [0.29, 0.717) is 12.8 Å². The molecule has 74 valence electrons. The van der Waals surface area contributed by atoms with E-state index in [1.807, 2.05) is 0 Å². The highest BCUT2D eigenvalue weighted by molar-refractivity contribution is 7.91.